The number of fused-ring (bicyclic) bond motifs is 1. The van der Waals surface area contributed by atoms with Crippen LogP contribution >= 0.6 is 11.6 Å². The Labute approximate surface area is 86.9 Å². The highest BCUT2D eigenvalue weighted by molar-refractivity contribution is 6.34. The largest absolute Gasteiger partial charge is 0.240 e. The maximum absolute atomic E-state index is 5.96. The molecule has 5 heteroatoms. The molecule has 0 saturated heterocycles. The lowest BCUT2D eigenvalue weighted by Crippen LogP contribution is -2.23. The van der Waals surface area contributed by atoms with Crippen LogP contribution in [-0.2, 0) is 5.54 Å². The Hall–Kier alpha value is -1.16. The van der Waals surface area contributed by atoms with E-state index in [2.05, 4.69) is 36.1 Å². The van der Waals surface area contributed by atoms with Crippen molar-refractivity contribution in [2.24, 2.45) is 0 Å². The fourth-order valence-corrected chi connectivity index (χ4v) is 1.48. The second-order valence-corrected chi connectivity index (χ2v) is 4.56. The van der Waals surface area contributed by atoms with Gasteiger partial charge in [-0.05, 0) is 20.8 Å². The Morgan fingerprint density at radius 2 is 2.00 bits per heavy atom. The van der Waals surface area contributed by atoms with Gasteiger partial charge in [0.15, 0.2) is 5.65 Å². The van der Waals surface area contributed by atoms with Crippen LogP contribution in [0.4, 0.5) is 0 Å². The molecule has 2 rings (SSSR count). The molecule has 0 spiro atoms. The Bertz CT molecular complexity index is 469. The summed E-state index contributed by atoms with van der Waals surface area (Å²) in [6, 6.07) is 0. The van der Waals surface area contributed by atoms with E-state index in [1.54, 1.807) is 6.20 Å². The minimum atomic E-state index is -0.110. The van der Waals surface area contributed by atoms with Gasteiger partial charge < -0.3 is 0 Å². The fraction of sp³-hybridized carbons (Fsp3) is 0.444. The average molecular weight is 211 g/mol. The van der Waals surface area contributed by atoms with E-state index < -0.39 is 0 Å². The molecule has 0 aliphatic heterocycles. The first-order valence-corrected chi connectivity index (χ1v) is 4.73. The zero-order valence-electron chi connectivity index (χ0n) is 8.32. The van der Waals surface area contributed by atoms with Gasteiger partial charge in [0.05, 0.1) is 28.3 Å². The smallest absolute Gasteiger partial charge is 0.182 e. The third-order valence-electron chi connectivity index (χ3n) is 1.96. The molecule has 0 unspecified atom stereocenters. The third kappa shape index (κ3) is 1.35. The zero-order valence-corrected chi connectivity index (χ0v) is 9.08. The molecule has 2 heterocycles. The van der Waals surface area contributed by atoms with Gasteiger partial charge in [0.2, 0.25) is 0 Å². The molecule has 2 aromatic rings. The molecule has 4 nitrogen and oxygen atoms in total. The molecule has 0 aliphatic carbocycles. The number of nitrogens with zero attached hydrogens (tertiary/aromatic N) is 4. The highest BCUT2D eigenvalue weighted by Crippen LogP contribution is 2.24. The van der Waals surface area contributed by atoms with E-state index in [4.69, 9.17) is 11.6 Å². The summed E-state index contributed by atoms with van der Waals surface area (Å²) in [6.07, 6.45) is 3.25. The van der Waals surface area contributed by atoms with Crippen molar-refractivity contribution >= 4 is 22.6 Å². The van der Waals surface area contributed by atoms with Crippen molar-refractivity contribution in [1.29, 1.82) is 0 Å². The van der Waals surface area contributed by atoms with E-state index in [0.29, 0.717) is 5.02 Å². The number of halogens is 1. The van der Waals surface area contributed by atoms with Crippen molar-refractivity contribution in [3.05, 3.63) is 17.4 Å². The Morgan fingerprint density at radius 3 is 2.64 bits per heavy atom. The molecule has 74 valence electrons. The number of hydrogen-bond donors (Lipinski definition) is 0. The number of aromatic nitrogens is 4. The molecule has 0 aromatic carbocycles. The van der Waals surface area contributed by atoms with Crippen LogP contribution in [0.3, 0.4) is 0 Å². The second kappa shape index (κ2) is 2.92. The standard InChI is InChI=1S/C9H11ClN4/c1-9(2,3)14-8-6(4-12-14)7(10)5-11-13-8/h4-5H,1-3H3. The quantitative estimate of drug-likeness (QED) is 0.670. The van der Waals surface area contributed by atoms with Crippen LogP contribution in [0.5, 0.6) is 0 Å². The minimum Gasteiger partial charge on any atom is -0.240 e. The summed E-state index contributed by atoms with van der Waals surface area (Å²) in [4.78, 5) is 0. The van der Waals surface area contributed by atoms with Crippen LogP contribution in [0.15, 0.2) is 12.4 Å². The molecule has 0 bridgehead atoms. The van der Waals surface area contributed by atoms with Gasteiger partial charge in [0.25, 0.3) is 0 Å². The first-order valence-electron chi connectivity index (χ1n) is 4.35. The van der Waals surface area contributed by atoms with Gasteiger partial charge in [-0.1, -0.05) is 11.6 Å². The third-order valence-corrected chi connectivity index (χ3v) is 2.26. The summed E-state index contributed by atoms with van der Waals surface area (Å²) in [5, 5.41) is 13.5. The lowest BCUT2D eigenvalue weighted by Gasteiger charge is -2.19. The van der Waals surface area contributed by atoms with Crippen LogP contribution in [0.25, 0.3) is 11.0 Å². The van der Waals surface area contributed by atoms with Crippen LogP contribution < -0.4 is 0 Å². The first kappa shape index (κ1) is 9.40. The normalized spacial score (nSPS) is 12.3. The maximum atomic E-state index is 5.96. The molecule has 0 aliphatic rings. The lowest BCUT2D eigenvalue weighted by molar-refractivity contribution is 0.365. The topological polar surface area (TPSA) is 43.6 Å². The van der Waals surface area contributed by atoms with Crippen molar-refractivity contribution < 1.29 is 0 Å². The second-order valence-electron chi connectivity index (χ2n) is 4.16. The van der Waals surface area contributed by atoms with Crippen LogP contribution in [0, 0.1) is 0 Å². The van der Waals surface area contributed by atoms with Crippen molar-refractivity contribution in [3.63, 3.8) is 0 Å². The molecular formula is C9H11ClN4. The average Bonchev–Trinajstić information content (AvgIpc) is 2.47. The van der Waals surface area contributed by atoms with Crippen molar-refractivity contribution in [2.45, 2.75) is 26.3 Å². The van der Waals surface area contributed by atoms with Crippen LogP contribution in [0.2, 0.25) is 5.02 Å². The van der Waals surface area contributed by atoms with E-state index in [1.807, 2.05) is 4.68 Å². The molecular weight excluding hydrogens is 200 g/mol. The Kier molecular flexibility index (Phi) is 1.96. The molecule has 0 amide bonds. The van der Waals surface area contributed by atoms with Gasteiger partial charge in [-0.2, -0.15) is 10.2 Å². The van der Waals surface area contributed by atoms with Crippen molar-refractivity contribution in [2.75, 3.05) is 0 Å². The summed E-state index contributed by atoms with van der Waals surface area (Å²) in [5.41, 5.74) is 0.617. The molecule has 0 atom stereocenters. The lowest BCUT2D eigenvalue weighted by atomic mass is 10.1. The highest BCUT2D eigenvalue weighted by Gasteiger charge is 2.18. The molecule has 0 radical (unpaired) electrons. The van der Waals surface area contributed by atoms with Crippen LogP contribution in [-0.4, -0.2) is 20.0 Å². The molecule has 2 aromatic heterocycles. The highest BCUT2D eigenvalue weighted by atomic mass is 35.5. The fourth-order valence-electron chi connectivity index (χ4n) is 1.30. The molecule has 0 fully saturated rings. The summed E-state index contributed by atoms with van der Waals surface area (Å²) in [7, 11) is 0. The summed E-state index contributed by atoms with van der Waals surface area (Å²) in [6.45, 7) is 6.17. The molecule has 0 saturated carbocycles. The Morgan fingerprint density at radius 1 is 1.29 bits per heavy atom. The van der Waals surface area contributed by atoms with Crippen LogP contribution in [0.1, 0.15) is 20.8 Å². The summed E-state index contributed by atoms with van der Waals surface area (Å²) < 4.78 is 1.82. The monoisotopic (exact) mass is 210 g/mol. The van der Waals surface area contributed by atoms with Gasteiger partial charge in [-0.3, -0.25) is 0 Å². The van der Waals surface area contributed by atoms with E-state index >= 15 is 0 Å². The van der Waals surface area contributed by atoms with E-state index in [0.717, 1.165) is 11.0 Å². The van der Waals surface area contributed by atoms with Gasteiger partial charge in [0.1, 0.15) is 0 Å². The summed E-state index contributed by atoms with van der Waals surface area (Å²) >= 11 is 5.96. The van der Waals surface area contributed by atoms with Gasteiger partial charge in [0, 0.05) is 0 Å². The van der Waals surface area contributed by atoms with E-state index in [9.17, 15) is 0 Å². The van der Waals surface area contributed by atoms with Gasteiger partial charge >= 0.3 is 0 Å². The summed E-state index contributed by atoms with van der Waals surface area (Å²) in [5.74, 6) is 0. The van der Waals surface area contributed by atoms with Crippen molar-refractivity contribution in [1.82, 2.24) is 20.0 Å². The van der Waals surface area contributed by atoms with Gasteiger partial charge in [-0.25, -0.2) is 4.68 Å². The van der Waals surface area contributed by atoms with Crippen molar-refractivity contribution in [3.8, 4) is 0 Å². The number of rotatable bonds is 0. The molecule has 14 heavy (non-hydrogen) atoms. The SMILES string of the molecule is CC(C)(C)n1ncc2c(Cl)cnnc21. The first-order chi connectivity index (χ1) is 6.50. The number of hydrogen-bond acceptors (Lipinski definition) is 3. The predicted molar refractivity (Wildman–Crippen MR) is 55.3 cm³/mol. The van der Waals surface area contributed by atoms with E-state index in [-0.39, 0.29) is 5.54 Å². The Balaban J connectivity index is 2.76. The molecule has 0 N–H and O–H groups in total. The van der Waals surface area contributed by atoms with E-state index in [1.165, 1.54) is 6.20 Å². The zero-order chi connectivity index (χ0) is 10.3. The minimum absolute atomic E-state index is 0.110. The maximum Gasteiger partial charge on any atom is 0.182 e. The predicted octanol–water partition coefficient (Wildman–Crippen LogP) is 2.23. The van der Waals surface area contributed by atoms with Gasteiger partial charge in [-0.15, -0.1) is 5.10 Å².